The maximum absolute atomic E-state index is 12.3. The number of aliphatic imine (C=N–C) groups is 1. The van der Waals surface area contributed by atoms with Gasteiger partial charge in [0.2, 0.25) is 0 Å². The zero-order valence-corrected chi connectivity index (χ0v) is 15.6. The number of nitrogens with one attached hydrogen (secondary N) is 1. The lowest BCUT2D eigenvalue weighted by atomic mass is 10.1. The van der Waals surface area contributed by atoms with E-state index in [1.54, 1.807) is 25.9 Å². The quantitative estimate of drug-likeness (QED) is 0.639. The van der Waals surface area contributed by atoms with Gasteiger partial charge in [-0.2, -0.15) is 0 Å². The second-order valence-corrected chi connectivity index (χ2v) is 7.19. The van der Waals surface area contributed by atoms with Crippen LogP contribution in [0.5, 0.6) is 0 Å². The van der Waals surface area contributed by atoms with Gasteiger partial charge in [-0.05, 0) is 6.42 Å². The van der Waals surface area contributed by atoms with Gasteiger partial charge in [0, 0.05) is 26.5 Å². The minimum atomic E-state index is -0.453. The number of carbonyl (C=O) groups is 2. The summed E-state index contributed by atoms with van der Waals surface area (Å²) in [7, 11) is 3.32. The van der Waals surface area contributed by atoms with Crippen LogP contribution in [0, 0.1) is 0 Å². The molecule has 2 unspecified atom stereocenters. The number of likely N-dealkylation sites (N-methyl/N-ethyl adjacent to an activating group) is 1. The van der Waals surface area contributed by atoms with Crippen LogP contribution in [0.3, 0.4) is 0 Å². The Labute approximate surface area is 148 Å². The van der Waals surface area contributed by atoms with E-state index in [0.717, 1.165) is 17.3 Å². The molecule has 8 heteroatoms. The van der Waals surface area contributed by atoms with E-state index < -0.39 is 12.2 Å². The Kier molecular flexibility index (Phi) is 7.36. The molecule has 0 aromatic rings. The highest BCUT2D eigenvalue weighted by atomic mass is 32.2. The fraction of sp³-hybridized carbons (Fsp3) is 0.812. The lowest BCUT2D eigenvalue weighted by Crippen LogP contribution is -2.63. The smallest absolute Gasteiger partial charge is 0.325 e. The number of urea groups is 1. The Morgan fingerprint density at radius 2 is 2.00 bits per heavy atom. The van der Waals surface area contributed by atoms with E-state index in [9.17, 15) is 9.59 Å². The summed E-state index contributed by atoms with van der Waals surface area (Å²) in [5.74, 6) is 0.701. The molecule has 0 aliphatic carbocycles. The van der Waals surface area contributed by atoms with Gasteiger partial charge in [-0.25, -0.2) is 9.79 Å². The predicted octanol–water partition coefficient (Wildman–Crippen LogP) is 1.88. The maximum atomic E-state index is 12.3. The minimum Gasteiger partial charge on any atom is -0.383 e. The van der Waals surface area contributed by atoms with Crippen LogP contribution in [0.2, 0.25) is 0 Å². The molecule has 0 bridgehead atoms. The number of imide groups is 1. The van der Waals surface area contributed by atoms with Crippen molar-refractivity contribution < 1.29 is 14.3 Å². The van der Waals surface area contributed by atoms with Crippen molar-refractivity contribution >= 4 is 28.9 Å². The molecule has 2 atom stereocenters. The number of amidine groups is 1. The van der Waals surface area contributed by atoms with Crippen molar-refractivity contribution in [2.24, 2.45) is 4.99 Å². The Balaban J connectivity index is 1.98. The SMILES string of the molecule is CCCCCCCSC1=NC2C(C(=O)NC(=O)N2C)N1CCOC. The molecule has 1 saturated heterocycles. The number of nitrogens with zero attached hydrogens (tertiary/aromatic N) is 3. The van der Waals surface area contributed by atoms with Crippen molar-refractivity contribution in [2.45, 2.75) is 51.2 Å². The molecular formula is C16H28N4O3S. The van der Waals surface area contributed by atoms with E-state index in [1.165, 1.54) is 30.6 Å². The first-order valence-electron chi connectivity index (χ1n) is 8.64. The summed E-state index contributed by atoms with van der Waals surface area (Å²) < 4.78 is 5.17. The number of fused-ring (bicyclic) bond motifs is 1. The first-order valence-corrected chi connectivity index (χ1v) is 9.62. The third-order valence-electron chi connectivity index (χ3n) is 4.34. The first kappa shape index (κ1) is 19.1. The lowest BCUT2D eigenvalue weighted by molar-refractivity contribution is -0.127. The zero-order valence-electron chi connectivity index (χ0n) is 14.8. The average molecular weight is 356 g/mol. The zero-order chi connectivity index (χ0) is 17.5. The van der Waals surface area contributed by atoms with Gasteiger partial charge in [0.25, 0.3) is 5.91 Å². The molecule has 2 aliphatic rings. The molecule has 0 saturated carbocycles. The second-order valence-electron chi connectivity index (χ2n) is 6.12. The van der Waals surface area contributed by atoms with Crippen molar-refractivity contribution in [1.82, 2.24) is 15.1 Å². The fourth-order valence-electron chi connectivity index (χ4n) is 2.91. The number of amides is 3. The number of ether oxygens (including phenoxy) is 1. The van der Waals surface area contributed by atoms with E-state index in [1.807, 2.05) is 4.90 Å². The second kappa shape index (κ2) is 9.27. The van der Waals surface area contributed by atoms with E-state index >= 15 is 0 Å². The molecule has 0 aromatic heterocycles. The van der Waals surface area contributed by atoms with Crippen LogP contribution in [-0.4, -0.2) is 72.2 Å². The van der Waals surface area contributed by atoms with Crippen molar-refractivity contribution in [1.29, 1.82) is 0 Å². The normalized spacial score (nSPS) is 23.4. The highest BCUT2D eigenvalue weighted by molar-refractivity contribution is 8.13. The van der Waals surface area contributed by atoms with Gasteiger partial charge in [-0.1, -0.05) is 44.4 Å². The Hall–Kier alpha value is -1.28. The number of rotatable bonds is 9. The molecule has 2 heterocycles. The number of thioether (sulfide) groups is 1. The molecule has 2 rings (SSSR count). The Morgan fingerprint density at radius 1 is 1.25 bits per heavy atom. The summed E-state index contributed by atoms with van der Waals surface area (Å²) >= 11 is 1.67. The van der Waals surface area contributed by atoms with Gasteiger partial charge in [0.1, 0.15) is 0 Å². The summed E-state index contributed by atoms with van der Waals surface area (Å²) in [5.41, 5.74) is 0. The van der Waals surface area contributed by atoms with Crippen LogP contribution in [0.15, 0.2) is 4.99 Å². The largest absolute Gasteiger partial charge is 0.383 e. The molecule has 0 aromatic carbocycles. The number of hydrogen-bond acceptors (Lipinski definition) is 6. The summed E-state index contributed by atoms with van der Waals surface area (Å²) in [6, 6.07) is -0.840. The molecule has 3 amide bonds. The molecule has 1 fully saturated rings. The van der Waals surface area contributed by atoms with Gasteiger partial charge in [-0.15, -0.1) is 0 Å². The monoisotopic (exact) mass is 356 g/mol. The molecule has 7 nitrogen and oxygen atoms in total. The highest BCUT2D eigenvalue weighted by Crippen LogP contribution is 2.28. The number of unbranched alkanes of at least 4 members (excludes halogenated alkanes) is 4. The molecule has 2 aliphatic heterocycles. The summed E-state index contributed by atoms with van der Waals surface area (Å²) in [6.45, 7) is 3.32. The molecular weight excluding hydrogens is 328 g/mol. The van der Waals surface area contributed by atoms with Crippen LogP contribution in [0.25, 0.3) is 0 Å². The summed E-state index contributed by atoms with van der Waals surface area (Å²) in [5, 5.41) is 3.24. The number of carbonyl (C=O) groups excluding carboxylic acids is 2. The Morgan fingerprint density at radius 3 is 2.71 bits per heavy atom. The average Bonchev–Trinajstić information content (AvgIpc) is 2.93. The van der Waals surface area contributed by atoms with Crippen LogP contribution < -0.4 is 5.32 Å². The van der Waals surface area contributed by atoms with E-state index in [2.05, 4.69) is 17.2 Å². The van der Waals surface area contributed by atoms with Gasteiger partial charge in [-0.3, -0.25) is 10.1 Å². The standard InChI is InChI=1S/C16H28N4O3S/c1-4-5-6-7-8-11-24-16-17-13-12(20(16)9-10-23-3)14(21)18-15(22)19(13)2/h12-13H,4-11H2,1-3H3,(H,18,21,22). The number of hydrogen-bond donors (Lipinski definition) is 1. The molecule has 24 heavy (non-hydrogen) atoms. The van der Waals surface area contributed by atoms with E-state index in [4.69, 9.17) is 4.74 Å². The molecule has 136 valence electrons. The van der Waals surface area contributed by atoms with Crippen LogP contribution in [0.4, 0.5) is 4.79 Å². The minimum absolute atomic E-state index is 0.276. The van der Waals surface area contributed by atoms with Crippen molar-refractivity contribution in [3.63, 3.8) is 0 Å². The van der Waals surface area contributed by atoms with Crippen molar-refractivity contribution in [3.05, 3.63) is 0 Å². The van der Waals surface area contributed by atoms with E-state index in [-0.39, 0.29) is 11.9 Å². The third kappa shape index (κ3) is 4.42. The molecule has 0 spiro atoms. The topological polar surface area (TPSA) is 74.2 Å². The van der Waals surface area contributed by atoms with Gasteiger partial charge < -0.3 is 14.5 Å². The number of methoxy groups -OCH3 is 1. The van der Waals surface area contributed by atoms with Gasteiger partial charge in [0.05, 0.1) is 6.61 Å². The fourth-order valence-corrected chi connectivity index (χ4v) is 4.00. The maximum Gasteiger partial charge on any atom is 0.325 e. The van der Waals surface area contributed by atoms with Crippen molar-refractivity contribution in [3.8, 4) is 0 Å². The van der Waals surface area contributed by atoms with Gasteiger partial charge in [0.15, 0.2) is 17.4 Å². The van der Waals surface area contributed by atoms with Gasteiger partial charge >= 0.3 is 6.03 Å². The highest BCUT2D eigenvalue weighted by Gasteiger charge is 2.48. The van der Waals surface area contributed by atoms with Crippen LogP contribution in [0.1, 0.15) is 39.0 Å². The third-order valence-corrected chi connectivity index (χ3v) is 5.43. The summed E-state index contributed by atoms with van der Waals surface area (Å²) in [6.07, 6.45) is 5.70. The summed E-state index contributed by atoms with van der Waals surface area (Å²) in [4.78, 5) is 32.2. The van der Waals surface area contributed by atoms with Crippen LogP contribution in [-0.2, 0) is 9.53 Å². The first-order chi connectivity index (χ1) is 11.6. The Bertz CT molecular complexity index is 486. The van der Waals surface area contributed by atoms with Crippen molar-refractivity contribution in [2.75, 3.05) is 33.1 Å². The predicted molar refractivity (Wildman–Crippen MR) is 96.1 cm³/mol. The molecule has 0 radical (unpaired) electrons. The van der Waals surface area contributed by atoms with Crippen LogP contribution >= 0.6 is 11.8 Å². The van der Waals surface area contributed by atoms with E-state index in [0.29, 0.717) is 13.2 Å². The molecule has 1 N–H and O–H groups in total. The lowest BCUT2D eigenvalue weighted by Gasteiger charge is -2.36.